The maximum Gasteiger partial charge on any atom is 0.259 e. The average molecular weight is 481 g/mol. The van der Waals surface area contributed by atoms with Gasteiger partial charge in [-0.1, -0.05) is 19.9 Å². The normalized spacial score (nSPS) is 13.8. The number of pyridine rings is 3. The van der Waals surface area contributed by atoms with Crippen LogP contribution in [0, 0.1) is 5.21 Å². The van der Waals surface area contributed by atoms with Gasteiger partial charge in [-0.25, -0.2) is 4.98 Å². The lowest BCUT2D eigenvalue weighted by Gasteiger charge is -2.22. The smallest absolute Gasteiger partial charge is 0.259 e. The first kappa shape index (κ1) is 23.3. The summed E-state index contributed by atoms with van der Waals surface area (Å²) < 4.78 is 0.789. The van der Waals surface area contributed by atoms with Crippen LogP contribution in [-0.4, -0.2) is 22.4 Å². The molecule has 2 N–H and O–H groups in total. The minimum absolute atomic E-state index is 0.0293. The largest absolute Gasteiger partial charge is 0.619 e. The Morgan fingerprint density at radius 2 is 1.83 bits per heavy atom. The maximum atomic E-state index is 13.2. The topological polar surface area (TPSA) is 97.1 Å². The molecule has 3 aromatic heterocycles. The SMILES string of the molecule is CC1(C)CN(Cc2cc[n+]([O-])cc2)c2cc(NC(=O)c3cccnc3NCc3ccncc3)ccc21. The summed E-state index contributed by atoms with van der Waals surface area (Å²) in [5.74, 6) is 0.294. The van der Waals surface area contributed by atoms with Gasteiger partial charge in [-0.05, 0) is 53.1 Å². The van der Waals surface area contributed by atoms with Gasteiger partial charge in [-0.2, -0.15) is 4.73 Å². The molecule has 182 valence electrons. The fourth-order valence-electron chi connectivity index (χ4n) is 4.62. The first-order valence-electron chi connectivity index (χ1n) is 11.9. The summed E-state index contributed by atoms with van der Waals surface area (Å²) in [6, 6.07) is 17.1. The number of anilines is 3. The highest BCUT2D eigenvalue weighted by atomic mass is 16.5. The predicted molar refractivity (Wildman–Crippen MR) is 140 cm³/mol. The number of rotatable bonds is 7. The van der Waals surface area contributed by atoms with E-state index in [0.29, 0.717) is 24.5 Å². The van der Waals surface area contributed by atoms with Crippen molar-refractivity contribution >= 4 is 23.1 Å². The summed E-state index contributed by atoms with van der Waals surface area (Å²) in [6.07, 6.45) is 8.17. The second-order valence-electron chi connectivity index (χ2n) is 9.60. The Hall–Kier alpha value is -4.46. The van der Waals surface area contributed by atoms with E-state index in [9.17, 15) is 10.0 Å². The molecule has 0 fully saturated rings. The molecule has 0 aliphatic carbocycles. The number of hydrogen-bond acceptors (Lipinski definition) is 6. The molecular weight excluding hydrogens is 452 g/mol. The molecule has 8 nitrogen and oxygen atoms in total. The number of nitrogens with zero attached hydrogens (tertiary/aromatic N) is 4. The summed E-state index contributed by atoms with van der Waals surface area (Å²) in [4.78, 5) is 23.9. The number of fused-ring (bicyclic) bond motifs is 1. The van der Waals surface area contributed by atoms with Crippen molar-refractivity contribution < 1.29 is 9.52 Å². The van der Waals surface area contributed by atoms with Crippen molar-refractivity contribution in [2.75, 3.05) is 22.1 Å². The van der Waals surface area contributed by atoms with Gasteiger partial charge in [0.15, 0.2) is 12.4 Å². The van der Waals surface area contributed by atoms with Crippen LogP contribution < -0.4 is 20.3 Å². The van der Waals surface area contributed by atoms with E-state index >= 15 is 0 Å². The fraction of sp³-hybridized carbons (Fsp3) is 0.214. The van der Waals surface area contributed by atoms with Crippen LogP contribution in [-0.2, 0) is 18.5 Å². The molecule has 0 saturated heterocycles. The molecule has 0 spiro atoms. The Kier molecular flexibility index (Phi) is 6.25. The number of nitrogens with one attached hydrogen (secondary N) is 2. The molecule has 4 aromatic rings. The lowest BCUT2D eigenvalue weighted by molar-refractivity contribution is -0.605. The molecule has 0 saturated carbocycles. The quantitative estimate of drug-likeness (QED) is 0.303. The van der Waals surface area contributed by atoms with Gasteiger partial charge in [-0.15, -0.1) is 0 Å². The summed E-state index contributed by atoms with van der Waals surface area (Å²) in [6.45, 7) is 6.50. The number of benzene rings is 1. The van der Waals surface area contributed by atoms with Gasteiger partial charge >= 0.3 is 0 Å². The van der Waals surface area contributed by atoms with Crippen LogP contribution in [0.25, 0.3) is 0 Å². The number of hydrogen-bond donors (Lipinski definition) is 2. The van der Waals surface area contributed by atoms with E-state index in [4.69, 9.17) is 0 Å². The minimum atomic E-state index is -0.229. The molecule has 0 radical (unpaired) electrons. The standard InChI is InChI=1S/C28H28N6O2/c1-28(2)19-33(18-21-9-14-34(36)15-10-21)25-16-22(5-6-24(25)28)32-27(35)23-4-3-11-30-26(23)31-17-20-7-12-29-13-8-20/h3-16H,17-19H2,1-2H3,(H,30,31)(H,32,35). The van der Waals surface area contributed by atoms with E-state index in [1.165, 1.54) is 18.0 Å². The Bertz CT molecular complexity index is 1370. The van der Waals surface area contributed by atoms with Crippen molar-refractivity contribution in [1.29, 1.82) is 0 Å². The Morgan fingerprint density at radius 1 is 1.06 bits per heavy atom. The van der Waals surface area contributed by atoms with Gasteiger partial charge in [0.25, 0.3) is 5.91 Å². The van der Waals surface area contributed by atoms with Crippen molar-refractivity contribution in [3.05, 3.63) is 113 Å². The Labute approximate surface area is 210 Å². The zero-order valence-corrected chi connectivity index (χ0v) is 20.3. The van der Waals surface area contributed by atoms with Crippen molar-refractivity contribution in [1.82, 2.24) is 9.97 Å². The average Bonchev–Trinajstić information content (AvgIpc) is 3.13. The number of aromatic nitrogens is 3. The Balaban J connectivity index is 1.35. The number of carbonyl (C=O) groups is 1. The van der Waals surface area contributed by atoms with E-state index in [-0.39, 0.29) is 11.3 Å². The molecule has 1 aromatic carbocycles. The summed E-state index contributed by atoms with van der Waals surface area (Å²) in [7, 11) is 0. The van der Waals surface area contributed by atoms with Crippen LogP contribution in [0.1, 0.15) is 40.9 Å². The highest BCUT2D eigenvalue weighted by Gasteiger charge is 2.35. The van der Waals surface area contributed by atoms with Gasteiger partial charge in [0.2, 0.25) is 0 Å². The van der Waals surface area contributed by atoms with E-state index in [2.05, 4.69) is 45.4 Å². The van der Waals surface area contributed by atoms with E-state index < -0.39 is 0 Å². The molecule has 1 amide bonds. The minimum Gasteiger partial charge on any atom is -0.619 e. The van der Waals surface area contributed by atoms with Gasteiger partial charge < -0.3 is 20.7 Å². The number of carbonyl (C=O) groups excluding carboxylic acids is 1. The van der Waals surface area contributed by atoms with Crippen LogP contribution in [0.2, 0.25) is 0 Å². The van der Waals surface area contributed by atoms with Crippen LogP contribution in [0.15, 0.2) is 85.6 Å². The third-order valence-corrected chi connectivity index (χ3v) is 6.42. The van der Waals surface area contributed by atoms with Crippen LogP contribution in [0.5, 0.6) is 0 Å². The van der Waals surface area contributed by atoms with Gasteiger partial charge in [0.1, 0.15) is 5.82 Å². The molecule has 5 rings (SSSR count). The molecule has 0 bridgehead atoms. The third kappa shape index (κ3) is 4.98. The second-order valence-corrected chi connectivity index (χ2v) is 9.60. The molecular formula is C28H28N6O2. The van der Waals surface area contributed by atoms with Crippen molar-refractivity contribution in [2.24, 2.45) is 0 Å². The summed E-state index contributed by atoms with van der Waals surface area (Å²) >= 11 is 0. The Morgan fingerprint density at radius 3 is 2.61 bits per heavy atom. The van der Waals surface area contributed by atoms with Crippen molar-refractivity contribution in [3.63, 3.8) is 0 Å². The lowest BCUT2D eigenvalue weighted by atomic mass is 9.87. The third-order valence-electron chi connectivity index (χ3n) is 6.42. The first-order valence-corrected chi connectivity index (χ1v) is 11.9. The fourth-order valence-corrected chi connectivity index (χ4v) is 4.62. The summed E-state index contributed by atoms with van der Waals surface area (Å²) in [5, 5.41) is 17.7. The molecule has 36 heavy (non-hydrogen) atoms. The van der Waals surface area contributed by atoms with Crippen molar-refractivity contribution in [2.45, 2.75) is 32.4 Å². The van der Waals surface area contributed by atoms with Crippen LogP contribution in [0.3, 0.4) is 0 Å². The second kappa shape index (κ2) is 9.65. The molecule has 1 aliphatic rings. The zero-order valence-electron chi connectivity index (χ0n) is 20.3. The highest BCUT2D eigenvalue weighted by molar-refractivity contribution is 6.07. The van der Waals surface area contributed by atoms with E-state index in [1.807, 2.05) is 36.4 Å². The van der Waals surface area contributed by atoms with Crippen LogP contribution in [0.4, 0.5) is 17.2 Å². The molecule has 1 aliphatic heterocycles. The lowest BCUT2D eigenvalue weighted by Crippen LogP contribution is -2.29. The summed E-state index contributed by atoms with van der Waals surface area (Å²) in [5.41, 5.74) is 5.58. The van der Waals surface area contributed by atoms with Gasteiger partial charge in [-0.3, -0.25) is 9.78 Å². The molecule has 0 unspecified atom stereocenters. The molecule has 4 heterocycles. The maximum absolute atomic E-state index is 13.2. The number of amides is 1. The highest BCUT2D eigenvalue weighted by Crippen LogP contribution is 2.42. The molecule has 0 atom stereocenters. The zero-order chi connectivity index (χ0) is 25.1. The van der Waals surface area contributed by atoms with Crippen LogP contribution >= 0.6 is 0 Å². The monoisotopic (exact) mass is 480 g/mol. The van der Waals surface area contributed by atoms with Gasteiger partial charge in [0, 0.05) is 67.1 Å². The molecule has 8 heteroatoms. The van der Waals surface area contributed by atoms with E-state index in [0.717, 1.165) is 33.8 Å². The van der Waals surface area contributed by atoms with Crippen molar-refractivity contribution in [3.8, 4) is 0 Å². The van der Waals surface area contributed by atoms with Gasteiger partial charge in [0.05, 0.1) is 5.56 Å². The van der Waals surface area contributed by atoms with E-state index in [1.54, 1.807) is 30.7 Å². The predicted octanol–water partition coefficient (Wildman–Crippen LogP) is 4.27. The first-order chi connectivity index (χ1) is 17.4.